The molecule has 2 rings (SSSR count). The molecule has 0 amide bonds. The van der Waals surface area contributed by atoms with Gasteiger partial charge in [0.15, 0.2) is 0 Å². The Balaban J connectivity index is 2.13. The third kappa shape index (κ3) is 2.75. The number of halogens is 1. The van der Waals surface area contributed by atoms with Crippen LogP contribution in [-0.4, -0.2) is 18.4 Å². The van der Waals surface area contributed by atoms with Crippen LogP contribution in [0, 0.1) is 0 Å². The summed E-state index contributed by atoms with van der Waals surface area (Å²) < 4.78 is 0. The van der Waals surface area contributed by atoms with Gasteiger partial charge in [0.25, 0.3) is 0 Å². The second-order valence-electron chi connectivity index (χ2n) is 4.12. The van der Waals surface area contributed by atoms with Gasteiger partial charge in [-0.2, -0.15) is 0 Å². The molecule has 15 heavy (non-hydrogen) atoms. The zero-order valence-electron chi connectivity index (χ0n) is 9.08. The van der Waals surface area contributed by atoms with Gasteiger partial charge in [-0.1, -0.05) is 34.1 Å². The molecule has 0 bridgehead atoms. The number of benzene rings is 1. The topological polar surface area (TPSA) is 3.24 Å². The van der Waals surface area contributed by atoms with Crippen LogP contribution >= 0.6 is 15.9 Å². The Bertz CT molecular complexity index is 305. The van der Waals surface area contributed by atoms with Gasteiger partial charge in [-0.15, -0.1) is 0 Å². The van der Waals surface area contributed by atoms with Gasteiger partial charge in [0.1, 0.15) is 0 Å². The molecule has 1 fully saturated rings. The average molecular weight is 268 g/mol. The molecule has 0 radical (unpaired) electrons. The predicted octanol–water partition coefficient (Wildman–Crippen LogP) is 3.61. The van der Waals surface area contributed by atoms with Crippen molar-refractivity contribution in [2.45, 2.75) is 25.7 Å². The van der Waals surface area contributed by atoms with E-state index in [9.17, 15) is 0 Å². The van der Waals surface area contributed by atoms with Gasteiger partial charge in [0, 0.05) is 24.1 Å². The van der Waals surface area contributed by atoms with Crippen LogP contribution in [0.3, 0.4) is 0 Å². The number of alkyl halides is 1. The second-order valence-corrected chi connectivity index (χ2v) is 4.91. The monoisotopic (exact) mass is 267 g/mol. The van der Waals surface area contributed by atoms with Crippen molar-refractivity contribution in [1.29, 1.82) is 0 Å². The minimum Gasteiger partial charge on any atom is -0.371 e. The maximum absolute atomic E-state index is 3.50. The number of anilines is 1. The maximum atomic E-state index is 3.50. The van der Waals surface area contributed by atoms with Crippen LogP contribution in [0.1, 0.15) is 24.8 Å². The van der Waals surface area contributed by atoms with E-state index in [4.69, 9.17) is 0 Å². The highest BCUT2D eigenvalue weighted by Gasteiger charge is 2.14. The summed E-state index contributed by atoms with van der Waals surface area (Å²) in [7, 11) is 0. The first-order chi connectivity index (χ1) is 7.42. The van der Waals surface area contributed by atoms with Crippen LogP contribution in [0.25, 0.3) is 0 Å². The lowest BCUT2D eigenvalue weighted by molar-refractivity contribution is 0.902. The summed E-state index contributed by atoms with van der Waals surface area (Å²) in [6.07, 6.45) is 5.13. The Morgan fingerprint density at radius 1 is 1.13 bits per heavy atom. The SMILES string of the molecule is BrCCCc1ccccc1N1CCCC1. The molecule has 0 N–H and O–H groups in total. The molecule has 0 spiro atoms. The van der Waals surface area contributed by atoms with E-state index in [1.54, 1.807) is 0 Å². The van der Waals surface area contributed by atoms with Crippen molar-refractivity contribution in [3.8, 4) is 0 Å². The average Bonchev–Trinajstić information content (AvgIpc) is 2.80. The summed E-state index contributed by atoms with van der Waals surface area (Å²) >= 11 is 3.50. The Morgan fingerprint density at radius 2 is 1.87 bits per heavy atom. The smallest absolute Gasteiger partial charge is 0.0398 e. The standard InChI is InChI=1S/C13H18BrN/c14-9-5-7-12-6-1-2-8-13(12)15-10-3-4-11-15/h1-2,6,8H,3-5,7,9-11H2. The number of rotatable bonds is 4. The number of hydrogen-bond acceptors (Lipinski definition) is 1. The van der Waals surface area contributed by atoms with E-state index in [0.29, 0.717) is 0 Å². The van der Waals surface area contributed by atoms with E-state index in [1.807, 2.05) is 0 Å². The Kier molecular flexibility index (Phi) is 4.07. The van der Waals surface area contributed by atoms with E-state index < -0.39 is 0 Å². The lowest BCUT2D eigenvalue weighted by Crippen LogP contribution is -2.19. The van der Waals surface area contributed by atoms with E-state index in [-0.39, 0.29) is 0 Å². The molecule has 1 aliphatic heterocycles. The fourth-order valence-corrected chi connectivity index (χ4v) is 2.53. The van der Waals surface area contributed by atoms with Crippen molar-refractivity contribution in [2.24, 2.45) is 0 Å². The number of aryl methyl sites for hydroxylation is 1. The fraction of sp³-hybridized carbons (Fsp3) is 0.538. The molecule has 0 aliphatic carbocycles. The first-order valence-corrected chi connectivity index (χ1v) is 6.93. The lowest BCUT2D eigenvalue weighted by Gasteiger charge is -2.21. The summed E-state index contributed by atoms with van der Waals surface area (Å²) in [4.78, 5) is 2.53. The van der Waals surface area contributed by atoms with Gasteiger partial charge >= 0.3 is 0 Å². The van der Waals surface area contributed by atoms with E-state index in [2.05, 4.69) is 45.1 Å². The molecular weight excluding hydrogens is 250 g/mol. The van der Waals surface area contributed by atoms with Crippen molar-refractivity contribution in [2.75, 3.05) is 23.3 Å². The van der Waals surface area contributed by atoms with Crippen molar-refractivity contribution in [1.82, 2.24) is 0 Å². The van der Waals surface area contributed by atoms with Crippen LogP contribution in [0.2, 0.25) is 0 Å². The highest BCUT2D eigenvalue weighted by Crippen LogP contribution is 2.25. The Labute approximate surface area is 101 Å². The summed E-state index contributed by atoms with van der Waals surface area (Å²) in [6, 6.07) is 8.86. The molecule has 1 aromatic carbocycles. The van der Waals surface area contributed by atoms with Crippen molar-refractivity contribution >= 4 is 21.6 Å². The van der Waals surface area contributed by atoms with Crippen LogP contribution in [0.5, 0.6) is 0 Å². The molecule has 0 saturated carbocycles. The molecule has 82 valence electrons. The van der Waals surface area contributed by atoms with Gasteiger partial charge < -0.3 is 4.90 Å². The molecular formula is C13H18BrN. The van der Waals surface area contributed by atoms with Gasteiger partial charge in [-0.3, -0.25) is 0 Å². The predicted molar refractivity (Wildman–Crippen MR) is 70.0 cm³/mol. The van der Waals surface area contributed by atoms with Gasteiger partial charge in [-0.25, -0.2) is 0 Å². The fourth-order valence-electron chi connectivity index (χ4n) is 2.25. The zero-order valence-corrected chi connectivity index (χ0v) is 10.7. The second kappa shape index (κ2) is 5.55. The molecule has 1 aliphatic rings. The Morgan fingerprint density at radius 3 is 2.60 bits per heavy atom. The maximum Gasteiger partial charge on any atom is 0.0398 e. The summed E-state index contributed by atoms with van der Waals surface area (Å²) in [6.45, 7) is 2.48. The van der Waals surface area contributed by atoms with Crippen LogP contribution < -0.4 is 4.90 Å². The summed E-state index contributed by atoms with van der Waals surface area (Å²) in [5.41, 5.74) is 2.98. The number of para-hydroxylation sites is 1. The quantitative estimate of drug-likeness (QED) is 0.754. The number of nitrogens with zero attached hydrogens (tertiary/aromatic N) is 1. The van der Waals surface area contributed by atoms with Crippen molar-refractivity contribution < 1.29 is 0 Å². The minimum atomic E-state index is 1.10. The third-order valence-electron chi connectivity index (χ3n) is 3.02. The normalized spacial score (nSPS) is 15.9. The van der Waals surface area contributed by atoms with Crippen LogP contribution in [0.4, 0.5) is 5.69 Å². The molecule has 0 unspecified atom stereocenters. The van der Waals surface area contributed by atoms with Crippen LogP contribution in [0.15, 0.2) is 24.3 Å². The molecule has 2 heteroatoms. The number of hydrogen-bond donors (Lipinski definition) is 0. The van der Waals surface area contributed by atoms with E-state index in [1.165, 1.54) is 50.0 Å². The largest absolute Gasteiger partial charge is 0.371 e. The molecule has 0 atom stereocenters. The molecule has 1 saturated heterocycles. The molecule has 0 aromatic heterocycles. The molecule has 1 nitrogen and oxygen atoms in total. The van der Waals surface area contributed by atoms with E-state index >= 15 is 0 Å². The Hall–Kier alpha value is -0.500. The lowest BCUT2D eigenvalue weighted by atomic mass is 10.1. The molecule has 1 aromatic rings. The first-order valence-electron chi connectivity index (χ1n) is 5.80. The third-order valence-corrected chi connectivity index (χ3v) is 3.58. The zero-order chi connectivity index (χ0) is 10.5. The van der Waals surface area contributed by atoms with E-state index in [0.717, 1.165) is 5.33 Å². The van der Waals surface area contributed by atoms with Gasteiger partial charge in [0.2, 0.25) is 0 Å². The van der Waals surface area contributed by atoms with Gasteiger partial charge in [-0.05, 0) is 37.3 Å². The van der Waals surface area contributed by atoms with Crippen LogP contribution in [-0.2, 0) is 6.42 Å². The minimum absolute atomic E-state index is 1.10. The highest BCUT2D eigenvalue weighted by molar-refractivity contribution is 9.09. The molecule has 1 heterocycles. The van der Waals surface area contributed by atoms with Crippen molar-refractivity contribution in [3.63, 3.8) is 0 Å². The first kappa shape index (κ1) is 11.0. The summed E-state index contributed by atoms with van der Waals surface area (Å²) in [5, 5.41) is 1.10. The summed E-state index contributed by atoms with van der Waals surface area (Å²) in [5.74, 6) is 0. The van der Waals surface area contributed by atoms with Gasteiger partial charge in [0.05, 0.1) is 0 Å². The van der Waals surface area contributed by atoms with Crippen molar-refractivity contribution in [3.05, 3.63) is 29.8 Å². The highest BCUT2D eigenvalue weighted by atomic mass is 79.9.